The first-order chi connectivity index (χ1) is 14.4. The predicted octanol–water partition coefficient (Wildman–Crippen LogP) is 2.60. The van der Waals surface area contributed by atoms with E-state index in [2.05, 4.69) is 20.4 Å². The number of carbonyl (C=O) groups excluding carboxylic acids is 1. The molecule has 0 saturated heterocycles. The van der Waals surface area contributed by atoms with Crippen LogP contribution in [0.2, 0.25) is 5.02 Å². The van der Waals surface area contributed by atoms with Crippen LogP contribution >= 0.6 is 11.6 Å². The van der Waals surface area contributed by atoms with Gasteiger partial charge in [-0.2, -0.15) is 5.10 Å². The largest absolute Gasteiger partial charge is 0.345 e. The van der Waals surface area contributed by atoms with Crippen molar-refractivity contribution in [2.45, 2.75) is 6.54 Å². The number of non-ortho nitro benzene ring substituents is 1. The number of hydrogen-bond donors (Lipinski definition) is 2. The first kappa shape index (κ1) is 19.3. The fourth-order valence-electron chi connectivity index (χ4n) is 2.87. The van der Waals surface area contributed by atoms with E-state index < -0.39 is 10.8 Å². The monoisotopic (exact) mass is 424 g/mol. The standard InChI is InChI=1S/C19H13ClN6O4/c20-15-8-12(26(29)30)6-7-13(15)18(27)21-10-16-23-17-14(19(28)24-16)9-22-25(17)11-4-2-1-3-5-11/h1-9H,10H2,(H,21,27)(H,23,24,28). The van der Waals surface area contributed by atoms with E-state index in [1.807, 2.05) is 30.3 Å². The molecule has 150 valence electrons. The van der Waals surface area contributed by atoms with E-state index in [-0.39, 0.29) is 34.2 Å². The molecule has 0 fully saturated rings. The summed E-state index contributed by atoms with van der Waals surface area (Å²) in [4.78, 5) is 42.0. The van der Waals surface area contributed by atoms with Crippen LogP contribution in [0.3, 0.4) is 0 Å². The van der Waals surface area contributed by atoms with E-state index in [1.165, 1.54) is 23.0 Å². The smallest absolute Gasteiger partial charge is 0.270 e. The number of para-hydroxylation sites is 1. The lowest BCUT2D eigenvalue weighted by Gasteiger charge is -2.07. The van der Waals surface area contributed by atoms with Gasteiger partial charge in [0.15, 0.2) is 5.65 Å². The zero-order valence-corrected chi connectivity index (χ0v) is 16.0. The Morgan fingerprint density at radius 1 is 1.23 bits per heavy atom. The van der Waals surface area contributed by atoms with Gasteiger partial charge >= 0.3 is 0 Å². The molecule has 0 aliphatic heterocycles. The molecule has 0 bridgehead atoms. The Kier molecular flexibility index (Phi) is 4.98. The summed E-state index contributed by atoms with van der Waals surface area (Å²) < 4.78 is 1.53. The average Bonchev–Trinajstić information content (AvgIpc) is 3.17. The van der Waals surface area contributed by atoms with Crippen molar-refractivity contribution < 1.29 is 9.72 Å². The highest BCUT2D eigenvalue weighted by Gasteiger charge is 2.16. The molecule has 11 heteroatoms. The van der Waals surface area contributed by atoms with Crippen molar-refractivity contribution in [3.8, 4) is 5.69 Å². The van der Waals surface area contributed by atoms with Crippen molar-refractivity contribution in [3.63, 3.8) is 0 Å². The summed E-state index contributed by atoms with van der Waals surface area (Å²) in [6.07, 6.45) is 1.42. The second-order valence-corrected chi connectivity index (χ2v) is 6.65. The maximum atomic E-state index is 12.4. The molecule has 2 aromatic carbocycles. The van der Waals surface area contributed by atoms with Crippen LogP contribution in [-0.2, 0) is 6.54 Å². The van der Waals surface area contributed by atoms with E-state index >= 15 is 0 Å². The molecule has 0 radical (unpaired) electrons. The number of benzene rings is 2. The van der Waals surface area contributed by atoms with Crippen LogP contribution in [0, 0.1) is 10.1 Å². The van der Waals surface area contributed by atoms with Crippen LogP contribution < -0.4 is 10.9 Å². The van der Waals surface area contributed by atoms with Crippen LogP contribution in [-0.4, -0.2) is 30.6 Å². The molecular weight excluding hydrogens is 412 g/mol. The lowest BCUT2D eigenvalue weighted by Crippen LogP contribution is -2.26. The Balaban J connectivity index is 1.59. The fraction of sp³-hybridized carbons (Fsp3) is 0.0526. The number of amides is 1. The van der Waals surface area contributed by atoms with Crippen LogP contribution in [0.1, 0.15) is 16.2 Å². The summed E-state index contributed by atoms with van der Waals surface area (Å²) in [7, 11) is 0. The molecular formula is C19H13ClN6O4. The number of nitro groups is 1. The zero-order chi connectivity index (χ0) is 21.3. The fourth-order valence-corrected chi connectivity index (χ4v) is 3.13. The zero-order valence-electron chi connectivity index (χ0n) is 15.2. The molecule has 0 atom stereocenters. The minimum atomic E-state index is -0.604. The molecule has 1 amide bonds. The summed E-state index contributed by atoms with van der Waals surface area (Å²) in [5, 5.41) is 17.9. The van der Waals surface area contributed by atoms with Crippen molar-refractivity contribution in [3.05, 3.63) is 91.6 Å². The Morgan fingerprint density at radius 3 is 2.70 bits per heavy atom. The van der Waals surface area contributed by atoms with Gasteiger partial charge in [-0.05, 0) is 18.2 Å². The number of aromatic amines is 1. The maximum Gasteiger partial charge on any atom is 0.270 e. The molecule has 0 aliphatic rings. The average molecular weight is 425 g/mol. The van der Waals surface area contributed by atoms with Gasteiger partial charge in [-0.1, -0.05) is 29.8 Å². The molecule has 2 aromatic heterocycles. The summed E-state index contributed by atoms with van der Waals surface area (Å²) in [5.41, 5.74) is 0.544. The van der Waals surface area contributed by atoms with Gasteiger partial charge in [0, 0.05) is 12.1 Å². The SMILES string of the molecule is O=C(NCc1nc2c(cnn2-c2ccccc2)c(=O)[nH]1)c1ccc([N+](=O)[O-])cc1Cl. The lowest BCUT2D eigenvalue weighted by molar-refractivity contribution is -0.384. The van der Waals surface area contributed by atoms with Crippen LogP contribution in [0.5, 0.6) is 0 Å². The summed E-state index contributed by atoms with van der Waals surface area (Å²) in [6.45, 7) is -0.0860. The number of nitro benzene ring substituents is 1. The van der Waals surface area contributed by atoms with Crippen molar-refractivity contribution in [1.82, 2.24) is 25.1 Å². The number of nitrogens with one attached hydrogen (secondary N) is 2. The predicted molar refractivity (Wildman–Crippen MR) is 109 cm³/mol. The Morgan fingerprint density at radius 2 is 2.00 bits per heavy atom. The quantitative estimate of drug-likeness (QED) is 0.373. The number of rotatable bonds is 5. The van der Waals surface area contributed by atoms with Gasteiger partial charge in [0.2, 0.25) is 0 Å². The van der Waals surface area contributed by atoms with E-state index in [0.29, 0.717) is 11.0 Å². The van der Waals surface area contributed by atoms with Gasteiger partial charge in [-0.15, -0.1) is 0 Å². The number of aromatic nitrogens is 4. The van der Waals surface area contributed by atoms with E-state index in [9.17, 15) is 19.7 Å². The number of fused-ring (bicyclic) bond motifs is 1. The van der Waals surface area contributed by atoms with Crippen LogP contribution in [0.4, 0.5) is 5.69 Å². The Labute approximate surface area is 173 Å². The molecule has 10 nitrogen and oxygen atoms in total. The molecule has 30 heavy (non-hydrogen) atoms. The third kappa shape index (κ3) is 3.63. The molecule has 0 spiro atoms. The highest BCUT2D eigenvalue weighted by molar-refractivity contribution is 6.34. The Bertz CT molecular complexity index is 1330. The molecule has 2 N–H and O–H groups in total. The number of H-pyrrole nitrogens is 1. The van der Waals surface area contributed by atoms with Crippen molar-refractivity contribution in [2.75, 3.05) is 0 Å². The van der Waals surface area contributed by atoms with Gasteiger partial charge in [0.1, 0.15) is 11.2 Å². The van der Waals surface area contributed by atoms with Gasteiger partial charge in [-0.3, -0.25) is 19.7 Å². The second kappa shape index (κ2) is 7.76. The van der Waals surface area contributed by atoms with E-state index in [0.717, 1.165) is 11.8 Å². The van der Waals surface area contributed by atoms with Crippen LogP contribution in [0.25, 0.3) is 16.7 Å². The van der Waals surface area contributed by atoms with Crippen molar-refractivity contribution in [2.24, 2.45) is 0 Å². The number of carbonyl (C=O) groups is 1. The molecule has 0 aliphatic carbocycles. The summed E-state index contributed by atoms with van der Waals surface area (Å²) in [6, 6.07) is 12.7. The van der Waals surface area contributed by atoms with Crippen molar-refractivity contribution >= 4 is 34.2 Å². The maximum absolute atomic E-state index is 12.4. The van der Waals surface area contributed by atoms with Gasteiger partial charge in [0.25, 0.3) is 17.2 Å². The number of nitrogens with zero attached hydrogens (tertiary/aromatic N) is 4. The van der Waals surface area contributed by atoms with Crippen molar-refractivity contribution in [1.29, 1.82) is 0 Å². The summed E-state index contributed by atoms with van der Waals surface area (Å²) >= 11 is 5.98. The summed E-state index contributed by atoms with van der Waals surface area (Å²) in [5.74, 6) is -0.342. The lowest BCUT2D eigenvalue weighted by atomic mass is 10.2. The molecule has 0 unspecified atom stereocenters. The highest BCUT2D eigenvalue weighted by Crippen LogP contribution is 2.22. The molecule has 2 heterocycles. The number of halogens is 1. The topological polar surface area (TPSA) is 136 Å². The highest BCUT2D eigenvalue weighted by atomic mass is 35.5. The Hall–Kier alpha value is -4.05. The molecule has 4 aromatic rings. The minimum Gasteiger partial charge on any atom is -0.345 e. The second-order valence-electron chi connectivity index (χ2n) is 6.25. The third-order valence-electron chi connectivity index (χ3n) is 4.31. The van der Waals surface area contributed by atoms with Crippen LogP contribution in [0.15, 0.2) is 59.5 Å². The van der Waals surface area contributed by atoms with E-state index in [1.54, 1.807) is 0 Å². The van der Waals surface area contributed by atoms with Gasteiger partial charge < -0.3 is 10.3 Å². The molecule has 4 rings (SSSR count). The first-order valence-corrected chi connectivity index (χ1v) is 9.06. The van der Waals surface area contributed by atoms with Gasteiger partial charge in [-0.25, -0.2) is 9.67 Å². The normalized spacial score (nSPS) is 10.8. The first-order valence-electron chi connectivity index (χ1n) is 8.68. The number of hydrogen-bond acceptors (Lipinski definition) is 6. The van der Waals surface area contributed by atoms with Gasteiger partial charge in [0.05, 0.1) is 33.9 Å². The molecule has 0 saturated carbocycles. The minimum absolute atomic E-state index is 0.0549. The third-order valence-corrected chi connectivity index (χ3v) is 4.63. The van der Waals surface area contributed by atoms with E-state index in [4.69, 9.17) is 11.6 Å².